The molecule has 3 heterocycles. The molecule has 0 bridgehead atoms. The van der Waals surface area contributed by atoms with Gasteiger partial charge in [0, 0.05) is 40.6 Å². The second-order valence-corrected chi connectivity index (χ2v) is 8.11. The normalized spacial score (nSPS) is 20.7. The first kappa shape index (κ1) is 21.2. The lowest BCUT2D eigenvalue weighted by Gasteiger charge is -2.34. The minimum Gasteiger partial charge on any atom is -0.458 e. The van der Waals surface area contributed by atoms with Crippen LogP contribution in [0, 0.1) is 0 Å². The van der Waals surface area contributed by atoms with Crippen LogP contribution >= 0.6 is 0 Å². The van der Waals surface area contributed by atoms with Crippen molar-refractivity contribution in [3.05, 3.63) is 72.1 Å². The monoisotopic (exact) mass is 448 g/mol. The van der Waals surface area contributed by atoms with Crippen molar-refractivity contribution in [2.24, 2.45) is 0 Å². The van der Waals surface area contributed by atoms with Gasteiger partial charge in [-0.15, -0.1) is 0 Å². The van der Waals surface area contributed by atoms with Gasteiger partial charge >= 0.3 is 11.9 Å². The van der Waals surface area contributed by atoms with E-state index in [-0.39, 0.29) is 19.4 Å². The van der Waals surface area contributed by atoms with Gasteiger partial charge in [-0.1, -0.05) is 36.4 Å². The summed E-state index contributed by atoms with van der Waals surface area (Å²) in [6, 6.07) is 15.3. The van der Waals surface area contributed by atoms with Crippen LogP contribution in [0.25, 0.3) is 21.8 Å². The lowest BCUT2D eigenvalue weighted by Crippen LogP contribution is -2.49. The average Bonchev–Trinajstić information content (AvgIpc) is 3.41. The van der Waals surface area contributed by atoms with Crippen LogP contribution in [0.15, 0.2) is 60.9 Å². The van der Waals surface area contributed by atoms with E-state index in [2.05, 4.69) is 9.97 Å². The van der Waals surface area contributed by atoms with Crippen LogP contribution in [0.5, 0.6) is 0 Å². The van der Waals surface area contributed by atoms with E-state index in [1.807, 2.05) is 48.5 Å². The molecule has 1 saturated heterocycles. The maximum absolute atomic E-state index is 12.7. The van der Waals surface area contributed by atoms with Gasteiger partial charge in [0.2, 0.25) is 0 Å². The number of para-hydroxylation sites is 2. The molecule has 1 aliphatic rings. The Hall–Kier alpha value is -3.62. The summed E-state index contributed by atoms with van der Waals surface area (Å²) < 4.78 is 16.4. The van der Waals surface area contributed by atoms with E-state index in [0.29, 0.717) is 6.42 Å². The summed E-state index contributed by atoms with van der Waals surface area (Å²) in [5.41, 5.74) is 3.46. The molecule has 5 rings (SSSR count). The molecule has 3 N–H and O–H groups in total. The number of ether oxygens (including phenoxy) is 3. The van der Waals surface area contributed by atoms with E-state index in [4.69, 9.17) is 14.2 Å². The van der Waals surface area contributed by atoms with E-state index in [9.17, 15) is 14.7 Å². The highest BCUT2D eigenvalue weighted by atomic mass is 16.7. The molecule has 8 nitrogen and oxygen atoms in total. The van der Waals surface area contributed by atoms with E-state index >= 15 is 0 Å². The Labute approximate surface area is 189 Å². The zero-order chi connectivity index (χ0) is 22.8. The van der Waals surface area contributed by atoms with E-state index < -0.39 is 30.4 Å². The Bertz CT molecular complexity index is 1290. The molecule has 2 aromatic carbocycles. The first-order valence-electron chi connectivity index (χ1n) is 10.9. The SMILES string of the molecule is O=C(Cc1c[nH]c2ccccc12)O[C@@H]1CCOC(O)[C@@H]1OC(=O)Cc1c[nH]c2ccccc12. The molecule has 1 fully saturated rings. The third-order valence-electron chi connectivity index (χ3n) is 5.91. The molecule has 0 aliphatic carbocycles. The number of H-pyrrole nitrogens is 2. The molecule has 33 heavy (non-hydrogen) atoms. The zero-order valence-corrected chi connectivity index (χ0v) is 17.8. The van der Waals surface area contributed by atoms with Gasteiger partial charge in [0.25, 0.3) is 0 Å². The Morgan fingerprint density at radius 3 is 2.03 bits per heavy atom. The van der Waals surface area contributed by atoms with Gasteiger partial charge in [-0.3, -0.25) is 9.59 Å². The number of carbonyl (C=O) groups is 2. The lowest BCUT2D eigenvalue weighted by atomic mass is 10.1. The molecule has 0 spiro atoms. The Balaban J connectivity index is 1.24. The number of hydrogen-bond acceptors (Lipinski definition) is 6. The number of hydrogen-bond donors (Lipinski definition) is 3. The highest BCUT2D eigenvalue weighted by Crippen LogP contribution is 2.24. The minimum absolute atomic E-state index is 0.0171. The predicted octanol–water partition coefficient (Wildman–Crippen LogP) is 3.00. The molecule has 0 saturated carbocycles. The number of benzene rings is 2. The quantitative estimate of drug-likeness (QED) is 0.391. The van der Waals surface area contributed by atoms with E-state index in [1.165, 1.54) is 0 Å². The Kier molecular flexibility index (Phi) is 5.85. The summed E-state index contributed by atoms with van der Waals surface area (Å²) in [6.45, 7) is 0.197. The number of carbonyl (C=O) groups excluding carboxylic acids is 2. The standard InChI is InChI=1S/C25H24N2O6/c28-22(11-15-13-26-19-7-3-1-5-17(15)19)32-21-9-10-31-25(30)24(21)33-23(29)12-16-14-27-20-8-4-2-6-18(16)20/h1-8,13-14,21,24-27,30H,9-12H2/t21-,24-,25?/m1/s1. The Morgan fingerprint density at radius 1 is 0.879 bits per heavy atom. The van der Waals surface area contributed by atoms with Gasteiger partial charge in [-0.25, -0.2) is 0 Å². The summed E-state index contributed by atoms with van der Waals surface area (Å²) >= 11 is 0. The van der Waals surface area contributed by atoms with Crippen molar-refractivity contribution in [2.75, 3.05) is 6.61 Å². The number of aliphatic hydroxyl groups excluding tert-OH is 1. The van der Waals surface area contributed by atoms with Crippen LogP contribution in [0.2, 0.25) is 0 Å². The number of aromatic amines is 2. The summed E-state index contributed by atoms with van der Waals surface area (Å²) in [5, 5.41) is 12.2. The van der Waals surface area contributed by atoms with Crippen LogP contribution < -0.4 is 0 Å². The summed E-state index contributed by atoms with van der Waals surface area (Å²) in [4.78, 5) is 31.6. The number of fused-ring (bicyclic) bond motifs is 2. The Morgan fingerprint density at radius 2 is 1.42 bits per heavy atom. The van der Waals surface area contributed by atoms with Gasteiger partial charge in [0.1, 0.15) is 6.10 Å². The van der Waals surface area contributed by atoms with Crippen molar-refractivity contribution in [1.82, 2.24) is 9.97 Å². The number of esters is 2. The topological polar surface area (TPSA) is 114 Å². The fourth-order valence-electron chi connectivity index (χ4n) is 4.28. The molecule has 3 atom stereocenters. The molecule has 0 amide bonds. The van der Waals surface area contributed by atoms with Gasteiger partial charge in [-0.05, 0) is 23.3 Å². The van der Waals surface area contributed by atoms with Crippen molar-refractivity contribution in [2.45, 2.75) is 37.8 Å². The molecule has 170 valence electrons. The van der Waals surface area contributed by atoms with Crippen LogP contribution in [0.4, 0.5) is 0 Å². The fraction of sp³-hybridized carbons (Fsp3) is 0.280. The van der Waals surface area contributed by atoms with E-state index in [1.54, 1.807) is 12.4 Å². The fourth-order valence-corrected chi connectivity index (χ4v) is 4.28. The van der Waals surface area contributed by atoms with E-state index in [0.717, 1.165) is 32.9 Å². The van der Waals surface area contributed by atoms with Crippen LogP contribution in [0.1, 0.15) is 17.5 Å². The van der Waals surface area contributed by atoms with Gasteiger partial charge in [0.05, 0.1) is 19.4 Å². The number of nitrogens with one attached hydrogen (secondary N) is 2. The maximum Gasteiger partial charge on any atom is 0.310 e. The zero-order valence-electron chi connectivity index (χ0n) is 17.8. The largest absolute Gasteiger partial charge is 0.458 e. The highest BCUT2D eigenvalue weighted by Gasteiger charge is 2.39. The first-order valence-corrected chi connectivity index (χ1v) is 10.9. The van der Waals surface area contributed by atoms with Crippen LogP contribution in [-0.4, -0.2) is 52.1 Å². The molecule has 0 radical (unpaired) electrons. The summed E-state index contributed by atoms with van der Waals surface area (Å²) in [6.07, 6.45) is 0.693. The third kappa shape index (κ3) is 4.48. The molecule has 2 aromatic heterocycles. The number of rotatable bonds is 6. The first-order chi connectivity index (χ1) is 16.1. The molecule has 1 unspecified atom stereocenters. The third-order valence-corrected chi connectivity index (χ3v) is 5.91. The smallest absolute Gasteiger partial charge is 0.310 e. The average molecular weight is 448 g/mol. The van der Waals surface area contributed by atoms with Crippen molar-refractivity contribution in [3.8, 4) is 0 Å². The lowest BCUT2D eigenvalue weighted by molar-refractivity contribution is -0.239. The molecule has 4 aromatic rings. The van der Waals surface area contributed by atoms with Crippen molar-refractivity contribution in [1.29, 1.82) is 0 Å². The second kappa shape index (κ2) is 9.09. The maximum atomic E-state index is 12.7. The van der Waals surface area contributed by atoms with Crippen molar-refractivity contribution in [3.63, 3.8) is 0 Å². The molecular weight excluding hydrogens is 424 g/mol. The number of aromatic nitrogens is 2. The van der Waals surface area contributed by atoms with Gasteiger partial charge in [0.15, 0.2) is 12.4 Å². The van der Waals surface area contributed by atoms with Crippen molar-refractivity contribution >= 4 is 33.7 Å². The predicted molar refractivity (Wildman–Crippen MR) is 120 cm³/mol. The molecule has 8 heteroatoms. The van der Waals surface area contributed by atoms with Crippen LogP contribution in [-0.2, 0) is 36.6 Å². The molecule has 1 aliphatic heterocycles. The highest BCUT2D eigenvalue weighted by molar-refractivity contribution is 5.88. The van der Waals surface area contributed by atoms with Crippen LogP contribution in [0.3, 0.4) is 0 Å². The summed E-state index contributed by atoms with van der Waals surface area (Å²) in [5.74, 6) is -0.997. The van der Waals surface area contributed by atoms with Gasteiger partial charge in [-0.2, -0.15) is 0 Å². The number of aliphatic hydroxyl groups is 1. The summed E-state index contributed by atoms with van der Waals surface area (Å²) in [7, 11) is 0. The second-order valence-electron chi connectivity index (χ2n) is 8.11. The molecular formula is C25H24N2O6. The van der Waals surface area contributed by atoms with Gasteiger partial charge < -0.3 is 29.3 Å². The minimum atomic E-state index is -1.36. The van der Waals surface area contributed by atoms with Crippen molar-refractivity contribution < 1.29 is 28.9 Å².